The molecule has 2 aromatic carbocycles. The van der Waals surface area contributed by atoms with Crippen molar-refractivity contribution in [1.82, 2.24) is 15.5 Å². The van der Waals surface area contributed by atoms with E-state index < -0.39 is 6.29 Å². The molecule has 190 valence electrons. The van der Waals surface area contributed by atoms with Crippen LogP contribution in [0.3, 0.4) is 0 Å². The first-order valence-electron chi connectivity index (χ1n) is 12.5. The Hall–Kier alpha value is -2.49. The Balaban J connectivity index is 1.50. The summed E-state index contributed by atoms with van der Waals surface area (Å²) in [6.45, 7) is 7.33. The lowest BCUT2D eigenvalue weighted by Crippen LogP contribution is -2.44. The van der Waals surface area contributed by atoms with E-state index in [1.54, 1.807) is 0 Å². The van der Waals surface area contributed by atoms with Crippen molar-refractivity contribution in [2.24, 2.45) is 5.92 Å². The number of benzene rings is 2. The number of carbonyl (C=O) groups excluding carboxylic acids is 1. The molecule has 2 fully saturated rings. The van der Waals surface area contributed by atoms with Crippen LogP contribution in [0.1, 0.15) is 54.9 Å². The molecule has 4 N–H and O–H groups in total. The summed E-state index contributed by atoms with van der Waals surface area (Å²) >= 11 is 0. The molecule has 0 aromatic heterocycles. The maximum atomic E-state index is 11.7. The number of ether oxygens (including phenoxy) is 2. The summed E-state index contributed by atoms with van der Waals surface area (Å²) in [7, 11) is 0. The molecule has 0 spiro atoms. The fourth-order valence-electron chi connectivity index (χ4n) is 4.76. The van der Waals surface area contributed by atoms with Gasteiger partial charge in [0.15, 0.2) is 6.29 Å². The molecule has 0 radical (unpaired) electrons. The highest BCUT2D eigenvalue weighted by Crippen LogP contribution is 2.42. The SMILES string of the molecule is CCNC(=O)NCc1ccc([C@H]2O[C@@H](CN3CC[C@H](O)C3)[C@@H](C)[C@@H](c3ccc(CO)cc3)O2)cc1. The number of urea groups is 1. The maximum Gasteiger partial charge on any atom is 0.315 e. The number of hydrogen-bond donors (Lipinski definition) is 4. The van der Waals surface area contributed by atoms with Crippen LogP contribution in [0.5, 0.6) is 0 Å². The van der Waals surface area contributed by atoms with E-state index in [2.05, 4.69) is 22.5 Å². The zero-order valence-electron chi connectivity index (χ0n) is 20.5. The number of aliphatic hydroxyl groups excluding tert-OH is 2. The average Bonchev–Trinajstić information content (AvgIpc) is 3.29. The van der Waals surface area contributed by atoms with Gasteiger partial charge >= 0.3 is 6.03 Å². The van der Waals surface area contributed by atoms with Crippen molar-refractivity contribution < 1.29 is 24.5 Å². The predicted octanol–water partition coefficient (Wildman–Crippen LogP) is 2.86. The van der Waals surface area contributed by atoms with Gasteiger partial charge in [-0.3, -0.25) is 4.90 Å². The minimum atomic E-state index is -0.531. The Kier molecular flexibility index (Phi) is 8.75. The van der Waals surface area contributed by atoms with Crippen molar-refractivity contribution in [2.75, 3.05) is 26.2 Å². The van der Waals surface area contributed by atoms with E-state index in [4.69, 9.17) is 9.47 Å². The summed E-state index contributed by atoms with van der Waals surface area (Å²) < 4.78 is 13.0. The van der Waals surface area contributed by atoms with Crippen molar-refractivity contribution in [3.8, 4) is 0 Å². The van der Waals surface area contributed by atoms with E-state index >= 15 is 0 Å². The van der Waals surface area contributed by atoms with Gasteiger partial charge in [0.2, 0.25) is 0 Å². The van der Waals surface area contributed by atoms with Crippen molar-refractivity contribution in [3.05, 3.63) is 70.8 Å². The van der Waals surface area contributed by atoms with Gasteiger partial charge in [-0.05, 0) is 30.0 Å². The van der Waals surface area contributed by atoms with Crippen LogP contribution in [-0.2, 0) is 22.6 Å². The van der Waals surface area contributed by atoms with Crippen LogP contribution in [0.4, 0.5) is 4.79 Å². The van der Waals surface area contributed by atoms with Crippen LogP contribution in [0, 0.1) is 5.92 Å². The third-order valence-electron chi connectivity index (χ3n) is 6.85. The second-order valence-electron chi connectivity index (χ2n) is 9.48. The van der Waals surface area contributed by atoms with Gasteiger partial charge in [0, 0.05) is 44.2 Å². The zero-order valence-corrected chi connectivity index (χ0v) is 20.5. The summed E-state index contributed by atoms with van der Waals surface area (Å²) in [6.07, 6.45) is -0.252. The first kappa shape index (κ1) is 25.6. The van der Waals surface area contributed by atoms with Crippen LogP contribution in [0.15, 0.2) is 48.5 Å². The number of amides is 2. The van der Waals surface area contributed by atoms with Gasteiger partial charge in [-0.2, -0.15) is 0 Å². The first-order valence-corrected chi connectivity index (χ1v) is 12.5. The van der Waals surface area contributed by atoms with Gasteiger partial charge in [-0.1, -0.05) is 55.5 Å². The molecule has 35 heavy (non-hydrogen) atoms. The number of rotatable bonds is 8. The highest BCUT2D eigenvalue weighted by molar-refractivity contribution is 5.73. The molecule has 0 saturated carbocycles. The molecule has 0 aliphatic carbocycles. The summed E-state index contributed by atoms with van der Waals surface area (Å²) in [6, 6.07) is 15.6. The number of aliphatic hydroxyl groups is 2. The Labute approximate surface area is 207 Å². The Morgan fingerprint density at radius 2 is 1.71 bits per heavy atom. The van der Waals surface area contributed by atoms with Gasteiger partial charge in [-0.25, -0.2) is 4.79 Å². The Morgan fingerprint density at radius 3 is 2.34 bits per heavy atom. The molecule has 2 amide bonds. The molecule has 0 unspecified atom stereocenters. The molecule has 0 bridgehead atoms. The number of β-amino-alcohol motifs (C(OH)–C–C–N with tert-alkyl or cyclic N) is 1. The molecular weight excluding hydrogens is 446 g/mol. The molecule has 2 aromatic rings. The lowest BCUT2D eigenvalue weighted by Gasteiger charge is -2.42. The third kappa shape index (κ3) is 6.59. The van der Waals surface area contributed by atoms with Gasteiger partial charge < -0.3 is 30.3 Å². The molecule has 2 saturated heterocycles. The van der Waals surface area contributed by atoms with Crippen LogP contribution in [0.2, 0.25) is 0 Å². The molecule has 2 aliphatic heterocycles. The van der Waals surface area contributed by atoms with E-state index in [0.717, 1.165) is 41.8 Å². The molecule has 8 heteroatoms. The van der Waals surface area contributed by atoms with Crippen LogP contribution in [0.25, 0.3) is 0 Å². The summed E-state index contributed by atoms with van der Waals surface area (Å²) in [5.41, 5.74) is 3.83. The predicted molar refractivity (Wildman–Crippen MR) is 132 cm³/mol. The minimum Gasteiger partial charge on any atom is -0.392 e. The molecule has 2 heterocycles. The normalized spacial score (nSPS) is 27.0. The van der Waals surface area contributed by atoms with E-state index in [1.807, 2.05) is 55.5 Å². The number of carbonyl (C=O) groups is 1. The second kappa shape index (κ2) is 12.0. The first-order chi connectivity index (χ1) is 17.0. The average molecular weight is 484 g/mol. The second-order valence-corrected chi connectivity index (χ2v) is 9.48. The van der Waals surface area contributed by atoms with Gasteiger partial charge in [0.05, 0.1) is 24.9 Å². The van der Waals surface area contributed by atoms with Gasteiger partial charge in [0.1, 0.15) is 0 Å². The molecule has 4 rings (SSSR count). The highest BCUT2D eigenvalue weighted by atomic mass is 16.7. The van der Waals surface area contributed by atoms with E-state index in [0.29, 0.717) is 19.6 Å². The van der Waals surface area contributed by atoms with E-state index in [-0.39, 0.29) is 36.9 Å². The monoisotopic (exact) mass is 483 g/mol. The quantitative estimate of drug-likeness (QED) is 0.461. The maximum absolute atomic E-state index is 11.7. The fourth-order valence-corrected chi connectivity index (χ4v) is 4.76. The van der Waals surface area contributed by atoms with Gasteiger partial charge in [-0.15, -0.1) is 0 Å². The number of hydrogen-bond acceptors (Lipinski definition) is 6. The summed E-state index contributed by atoms with van der Waals surface area (Å²) in [5.74, 6) is 0.101. The Bertz CT molecular complexity index is 952. The number of nitrogens with one attached hydrogen (secondary N) is 2. The Morgan fingerprint density at radius 1 is 1.03 bits per heavy atom. The fraction of sp³-hybridized carbons (Fsp3) is 0.519. The van der Waals surface area contributed by atoms with Crippen molar-refractivity contribution >= 4 is 6.03 Å². The van der Waals surface area contributed by atoms with Crippen molar-refractivity contribution in [1.29, 1.82) is 0 Å². The van der Waals surface area contributed by atoms with Gasteiger partial charge in [0.25, 0.3) is 0 Å². The molecular formula is C27H37N3O5. The highest BCUT2D eigenvalue weighted by Gasteiger charge is 2.39. The molecule has 5 atom stereocenters. The minimum absolute atomic E-state index is 0.00825. The zero-order chi connectivity index (χ0) is 24.8. The van der Waals surface area contributed by atoms with Crippen LogP contribution in [-0.4, -0.2) is 59.5 Å². The van der Waals surface area contributed by atoms with Crippen LogP contribution < -0.4 is 10.6 Å². The van der Waals surface area contributed by atoms with E-state index in [1.165, 1.54) is 0 Å². The lowest BCUT2D eigenvalue weighted by molar-refractivity contribution is -0.276. The number of nitrogens with zero attached hydrogens (tertiary/aromatic N) is 1. The largest absolute Gasteiger partial charge is 0.392 e. The topological polar surface area (TPSA) is 103 Å². The summed E-state index contributed by atoms with van der Waals surface area (Å²) in [5, 5.41) is 25.0. The number of likely N-dealkylation sites (tertiary alicyclic amines) is 1. The lowest BCUT2D eigenvalue weighted by atomic mass is 9.90. The standard InChI is InChI=1S/C27H37N3O5/c1-3-28-27(33)29-14-19-4-10-22(11-5-19)26-34-24(16-30-13-12-23(32)15-30)18(2)25(35-26)21-8-6-20(17-31)7-9-21/h4-11,18,23-26,31-32H,3,12-17H2,1-2H3,(H2,28,29,33)/t18-,23+,24+,25+,26+/m1/s1. The van der Waals surface area contributed by atoms with Crippen molar-refractivity contribution in [2.45, 2.75) is 58.0 Å². The summed E-state index contributed by atoms with van der Waals surface area (Å²) in [4.78, 5) is 13.9. The molecule has 8 nitrogen and oxygen atoms in total. The van der Waals surface area contributed by atoms with E-state index in [9.17, 15) is 15.0 Å². The van der Waals surface area contributed by atoms with Crippen molar-refractivity contribution in [3.63, 3.8) is 0 Å². The molecule has 2 aliphatic rings. The van der Waals surface area contributed by atoms with Crippen LogP contribution >= 0.6 is 0 Å². The third-order valence-corrected chi connectivity index (χ3v) is 6.85. The smallest absolute Gasteiger partial charge is 0.315 e.